The van der Waals surface area contributed by atoms with Crippen molar-refractivity contribution in [1.29, 1.82) is 0 Å². The normalized spacial score (nSPS) is 12.0. The van der Waals surface area contributed by atoms with Crippen molar-refractivity contribution in [3.8, 4) is 0 Å². The Morgan fingerprint density at radius 1 is 0.957 bits per heavy atom. The predicted octanol–water partition coefficient (Wildman–Crippen LogP) is 4.17. The van der Waals surface area contributed by atoms with E-state index in [2.05, 4.69) is 4.74 Å². The summed E-state index contributed by atoms with van der Waals surface area (Å²) >= 11 is 0. The van der Waals surface area contributed by atoms with Crippen molar-refractivity contribution < 1.29 is 36.3 Å². The Hall–Kier alpha value is -1.99. The molecular formula is C15H15F5O3. The lowest BCUT2D eigenvalue weighted by molar-refractivity contribution is -0.286. The van der Waals surface area contributed by atoms with Crippen molar-refractivity contribution in [3.63, 3.8) is 0 Å². The predicted molar refractivity (Wildman–Crippen MR) is 71.2 cm³/mol. The highest BCUT2D eigenvalue weighted by atomic mass is 19.4. The summed E-state index contributed by atoms with van der Waals surface area (Å²) in [6, 6.07) is 8.33. The van der Waals surface area contributed by atoms with E-state index >= 15 is 0 Å². The fraction of sp³-hybridized carbons (Fsp3) is 0.467. The number of hydrogen-bond donors (Lipinski definition) is 0. The quantitative estimate of drug-likeness (QED) is 0.406. The molecule has 8 heteroatoms. The molecule has 0 fully saturated rings. The second kappa shape index (κ2) is 8.03. The number of ketones is 1. The van der Waals surface area contributed by atoms with Gasteiger partial charge >= 0.3 is 18.1 Å². The molecule has 1 rings (SSSR count). The lowest BCUT2D eigenvalue weighted by Gasteiger charge is -2.19. The Morgan fingerprint density at radius 2 is 1.57 bits per heavy atom. The van der Waals surface area contributed by atoms with E-state index in [0.717, 1.165) is 0 Å². The number of benzene rings is 1. The van der Waals surface area contributed by atoms with Crippen molar-refractivity contribution in [2.75, 3.05) is 6.61 Å². The van der Waals surface area contributed by atoms with Crippen LogP contribution in [0.1, 0.15) is 36.0 Å². The summed E-state index contributed by atoms with van der Waals surface area (Å²) in [6.45, 7) is -1.03. The van der Waals surface area contributed by atoms with Crippen LogP contribution in [0.15, 0.2) is 30.3 Å². The van der Waals surface area contributed by atoms with Crippen LogP contribution in [0, 0.1) is 0 Å². The summed E-state index contributed by atoms with van der Waals surface area (Å²) in [5, 5.41) is 0. The topological polar surface area (TPSA) is 43.4 Å². The van der Waals surface area contributed by atoms with E-state index in [-0.39, 0.29) is 25.0 Å². The molecule has 0 saturated carbocycles. The highest BCUT2D eigenvalue weighted by Gasteiger charge is 2.56. The highest BCUT2D eigenvalue weighted by Crippen LogP contribution is 2.37. The molecule has 0 aliphatic heterocycles. The first-order valence-electron chi connectivity index (χ1n) is 6.82. The van der Waals surface area contributed by atoms with Crippen molar-refractivity contribution >= 4 is 11.8 Å². The first-order valence-corrected chi connectivity index (χ1v) is 6.82. The van der Waals surface area contributed by atoms with Gasteiger partial charge in [0.1, 0.15) is 0 Å². The van der Waals surface area contributed by atoms with Gasteiger partial charge in [-0.25, -0.2) is 0 Å². The summed E-state index contributed by atoms with van der Waals surface area (Å²) in [4.78, 5) is 22.9. The van der Waals surface area contributed by atoms with Crippen LogP contribution in [0.3, 0.4) is 0 Å². The minimum Gasteiger partial charge on any atom is -0.465 e. The van der Waals surface area contributed by atoms with Gasteiger partial charge in [0.25, 0.3) is 0 Å². The molecule has 0 aliphatic carbocycles. The zero-order valence-corrected chi connectivity index (χ0v) is 12.0. The zero-order chi connectivity index (χ0) is 17.5. The summed E-state index contributed by atoms with van der Waals surface area (Å²) < 4.78 is 65.1. The van der Waals surface area contributed by atoms with Crippen LogP contribution >= 0.6 is 0 Å². The van der Waals surface area contributed by atoms with E-state index in [1.54, 1.807) is 30.3 Å². The zero-order valence-electron chi connectivity index (χ0n) is 12.0. The third-order valence-electron chi connectivity index (χ3n) is 2.97. The highest BCUT2D eigenvalue weighted by molar-refractivity contribution is 5.96. The molecule has 0 aliphatic rings. The van der Waals surface area contributed by atoms with Gasteiger partial charge in [0, 0.05) is 18.4 Å². The van der Waals surface area contributed by atoms with E-state index in [1.807, 2.05) is 0 Å². The van der Waals surface area contributed by atoms with Crippen molar-refractivity contribution in [2.45, 2.75) is 37.8 Å². The average molecular weight is 338 g/mol. The maximum atomic E-state index is 12.6. The summed E-state index contributed by atoms with van der Waals surface area (Å²) in [5.41, 5.74) is 0.477. The second-order valence-electron chi connectivity index (χ2n) is 4.82. The van der Waals surface area contributed by atoms with Gasteiger partial charge in [0.2, 0.25) is 0 Å². The maximum absolute atomic E-state index is 12.6. The van der Waals surface area contributed by atoms with E-state index in [9.17, 15) is 31.5 Å². The van der Waals surface area contributed by atoms with Gasteiger partial charge in [-0.3, -0.25) is 9.59 Å². The molecule has 128 valence electrons. The maximum Gasteiger partial charge on any atom is 0.453 e. The molecule has 0 radical (unpaired) electrons. The Bertz CT molecular complexity index is 526. The fourth-order valence-corrected chi connectivity index (χ4v) is 1.67. The fourth-order valence-electron chi connectivity index (χ4n) is 1.67. The van der Waals surface area contributed by atoms with Crippen LogP contribution in [-0.2, 0) is 9.53 Å². The Labute approximate surface area is 129 Å². The number of alkyl halides is 5. The molecule has 0 amide bonds. The number of carbonyl (C=O) groups is 2. The average Bonchev–Trinajstić information content (AvgIpc) is 2.46. The van der Waals surface area contributed by atoms with Crippen molar-refractivity contribution in [2.24, 2.45) is 0 Å². The van der Waals surface area contributed by atoms with Gasteiger partial charge in [0.05, 0.1) is 13.0 Å². The SMILES string of the molecule is O=C(CCCC(=O)c1ccccc1)OCCC(F)(F)C(F)(F)F. The van der Waals surface area contributed by atoms with E-state index in [4.69, 9.17) is 0 Å². The molecule has 1 aromatic carbocycles. The van der Waals surface area contributed by atoms with Gasteiger partial charge in [-0.1, -0.05) is 30.3 Å². The van der Waals surface area contributed by atoms with Crippen LogP contribution in [-0.4, -0.2) is 30.5 Å². The number of carbonyl (C=O) groups excluding carboxylic acids is 2. The van der Waals surface area contributed by atoms with E-state index in [1.165, 1.54) is 0 Å². The number of esters is 1. The van der Waals surface area contributed by atoms with Gasteiger partial charge < -0.3 is 4.74 Å². The summed E-state index contributed by atoms with van der Waals surface area (Å²) in [5.74, 6) is -6.00. The molecule has 0 spiro atoms. The van der Waals surface area contributed by atoms with Crippen LogP contribution in [0.2, 0.25) is 0 Å². The smallest absolute Gasteiger partial charge is 0.453 e. The molecule has 3 nitrogen and oxygen atoms in total. The summed E-state index contributed by atoms with van der Waals surface area (Å²) in [7, 11) is 0. The molecular weight excluding hydrogens is 323 g/mol. The monoisotopic (exact) mass is 338 g/mol. The first kappa shape index (κ1) is 19.1. The van der Waals surface area contributed by atoms with Crippen molar-refractivity contribution in [3.05, 3.63) is 35.9 Å². The Balaban J connectivity index is 2.24. The molecule has 0 aromatic heterocycles. The number of halogens is 5. The van der Waals surface area contributed by atoms with Gasteiger partial charge in [0.15, 0.2) is 5.78 Å². The third-order valence-corrected chi connectivity index (χ3v) is 2.97. The molecule has 0 unspecified atom stereocenters. The second-order valence-corrected chi connectivity index (χ2v) is 4.82. The van der Waals surface area contributed by atoms with E-state index < -0.39 is 31.1 Å². The number of rotatable bonds is 8. The van der Waals surface area contributed by atoms with Gasteiger partial charge in [-0.15, -0.1) is 0 Å². The minimum atomic E-state index is -5.67. The molecule has 1 aromatic rings. The summed E-state index contributed by atoms with van der Waals surface area (Å²) in [6.07, 6.45) is -7.33. The Kier molecular flexibility index (Phi) is 6.65. The van der Waals surface area contributed by atoms with Crippen LogP contribution in [0.25, 0.3) is 0 Å². The largest absolute Gasteiger partial charge is 0.465 e. The van der Waals surface area contributed by atoms with Crippen LogP contribution in [0.5, 0.6) is 0 Å². The molecule has 0 atom stereocenters. The lowest BCUT2D eigenvalue weighted by atomic mass is 10.1. The van der Waals surface area contributed by atoms with Gasteiger partial charge in [-0.05, 0) is 6.42 Å². The van der Waals surface area contributed by atoms with Crippen LogP contribution < -0.4 is 0 Å². The number of hydrogen-bond acceptors (Lipinski definition) is 3. The third kappa shape index (κ3) is 6.33. The minimum absolute atomic E-state index is 0.0534. The van der Waals surface area contributed by atoms with E-state index in [0.29, 0.717) is 5.56 Å². The molecule has 0 heterocycles. The Morgan fingerprint density at radius 3 is 2.13 bits per heavy atom. The lowest BCUT2D eigenvalue weighted by Crippen LogP contribution is -2.37. The number of ether oxygens (including phenoxy) is 1. The first-order chi connectivity index (χ1) is 10.6. The van der Waals surface area contributed by atoms with Crippen molar-refractivity contribution in [1.82, 2.24) is 0 Å². The molecule has 0 bridgehead atoms. The number of Topliss-reactive ketones (excluding diaryl/α,β-unsaturated/α-hetero) is 1. The van der Waals surface area contributed by atoms with Crippen LogP contribution in [0.4, 0.5) is 22.0 Å². The molecule has 23 heavy (non-hydrogen) atoms. The molecule has 0 N–H and O–H groups in total. The van der Waals surface area contributed by atoms with Gasteiger partial charge in [-0.2, -0.15) is 22.0 Å². The molecule has 0 saturated heterocycles. The standard InChI is InChI=1S/C15H15F5O3/c16-14(17,15(18,19)20)9-10-23-13(22)8-4-7-12(21)11-5-2-1-3-6-11/h1-3,5-6H,4,7-10H2.